The summed E-state index contributed by atoms with van der Waals surface area (Å²) in [5, 5.41) is 4.69. The molecule has 0 aliphatic carbocycles. The van der Waals surface area contributed by atoms with Gasteiger partial charge in [0.05, 0.1) is 11.9 Å². The van der Waals surface area contributed by atoms with Gasteiger partial charge in [-0.25, -0.2) is 0 Å². The minimum absolute atomic E-state index is 0.629. The summed E-state index contributed by atoms with van der Waals surface area (Å²) in [6, 6.07) is 1.82. The monoisotopic (exact) mass is 177 g/mol. The van der Waals surface area contributed by atoms with E-state index in [2.05, 4.69) is 5.10 Å². The summed E-state index contributed by atoms with van der Waals surface area (Å²) in [4.78, 5) is 1.24. The van der Waals surface area contributed by atoms with E-state index in [1.165, 1.54) is 4.79 Å². The number of nitrogen functional groups attached to an aromatic ring is 3. The molecular weight excluding hydrogens is 166 g/mol. The van der Waals surface area contributed by atoms with Crippen LogP contribution in [-0.4, -0.2) is 9.89 Å². The third kappa shape index (κ3) is 0.900. The van der Waals surface area contributed by atoms with Crippen molar-refractivity contribution in [2.75, 3.05) is 17.3 Å². The number of hydrogen-bond donors (Lipinski definition) is 3. The smallest absolute Gasteiger partial charge is 0.117 e. The molecule has 0 fully saturated rings. The quantitative estimate of drug-likeness (QED) is 0.396. The third-order valence-electron chi connectivity index (χ3n) is 2.16. The van der Waals surface area contributed by atoms with Crippen molar-refractivity contribution in [1.82, 2.24) is 9.89 Å². The molecule has 1 aromatic carbocycles. The SMILES string of the molecule is Cc1cc(N)c2cnn(N)c2c1N. The van der Waals surface area contributed by atoms with Gasteiger partial charge in [0.25, 0.3) is 0 Å². The molecule has 5 nitrogen and oxygen atoms in total. The molecule has 5 heteroatoms. The highest BCUT2D eigenvalue weighted by molar-refractivity contribution is 5.99. The number of nitrogens with zero attached hydrogens (tertiary/aromatic N) is 2. The van der Waals surface area contributed by atoms with E-state index in [-0.39, 0.29) is 0 Å². The highest BCUT2D eigenvalue weighted by Gasteiger charge is 2.09. The predicted molar refractivity (Wildman–Crippen MR) is 53.4 cm³/mol. The molecular formula is C8H11N5. The summed E-state index contributed by atoms with van der Waals surface area (Å²) in [5.74, 6) is 5.58. The second-order valence-electron chi connectivity index (χ2n) is 3.05. The number of hydrogen-bond acceptors (Lipinski definition) is 4. The molecule has 0 unspecified atom stereocenters. The molecule has 0 radical (unpaired) electrons. The number of aryl methyl sites for hydroxylation is 1. The van der Waals surface area contributed by atoms with Gasteiger partial charge in [0.15, 0.2) is 0 Å². The van der Waals surface area contributed by atoms with E-state index >= 15 is 0 Å². The molecule has 0 amide bonds. The molecule has 0 atom stereocenters. The number of fused-ring (bicyclic) bond motifs is 1. The minimum atomic E-state index is 0.629. The van der Waals surface area contributed by atoms with E-state index in [9.17, 15) is 0 Å². The van der Waals surface area contributed by atoms with Gasteiger partial charge in [0.1, 0.15) is 5.52 Å². The zero-order valence-electron chi connectivity index (χ0n) is 7.28. The van der Waals surface area contributed by atoms with Gasteiger partial charge < -0.3 is 17.3 Å². The van der Waals surface area contributed by atoms with Gasteiger partial charge in [-0.15, -0.1) is 0 Å². The molecule has 0 aliphatic rings. The first-order valence-electron chi connectivity index (χ1n) is 3.88. The average molecular weight is 177 g/mol. The maximum atomic E-state index is 5.84. The molecule has 1 aromatic heterocycles. The molecule has 2 aromatic rings. The predicted octanol–water partition coefficient (Wildman–Crippen LogP) is 0.223. The Morgan fingerprint density at radius 2 is 2.08 bits per heavy atom. The molecule has 13 heavy (non-hydrogen) atoms. The van der Waals surface area contributed by atoms with E-state index < -0.39 is 0 Å². The van der Waals surface area contributed by atoms with Crippen molar-refractivity contribution < 1.29 is 0 Å². The number of anilines is 2. The van der Waals surface area contributed by atoms with E-state index in [1.54, 1.807) is 6.20 Å². The lowest BCUT2D eigenvalue weighted by molar-refractivity contribution is 0.863. The molecule has 0 bridgehead atoms. The lowest BCUT2D eigenvalue weighted by Gasteiger charge is -2.05. The van der Waals surface area contributed by atoms with E-state index in [4.69, 9.17) is 17.3 Å². The minimum Gasteiger partial charge on any atom is -0.398 e. The summed E-state index contributed by atoms with van der Waals surface area (Å²) in [5.41, 5.74) is 14.5. The Morgan fingerprint density at radius 1 is 1.38 bits per heavy atom. The van der Waals surface area contributed by atoms with Crippen LogP contribution in [0.5, 0.6) is 0 Å². The Morgan fingerprint density at radius 3 is 2.77 bits per heavy atom. The maximum Gasteiger partial charge on any atom is 0.117 e. The Balaban J connectivity index is 3.00. The number of rotatable bonds is 0. The van der Waals surface area contributed by atoms with Crippen LogP contribution in [0.2, 0.25) is 0 Å². The molecule has 0 spiro atoms. The Kier molecular flexibility index (Phi) is 1.36. The Labute approximate surface area is 75.1 Å². The fourth-order valence-electron chi connectivity index (χ4n) is 1.42. The summed E-state index contributed by atoms with van der Waals surface area (Å²) in [7, 11) is 0. The fourth-order valence-corrected chi connectivity index (χ4v) is 1.42. The first kappa shape index (κ1) is 7.72. The van der Waals surface area contributed by atoms with Gasteiger partial charge in [-0.05, 0) is 18.6 Å². The molecule has 6 N–H and O–H groups in total. The van der Waals surface area contributed by atoms with E-state index in [0.29, 0.717) is 16.9 Å². The third-order valence-corrected chi connectivity index (χ3v) is 2.16. The van der Waals surface area contributed by atoms with Crippen LogP contribution < -0.4 is 17.3 Å². The molecule has 2 rings (SSSR count). The molecule has 68 valence electrons. The van der Waals surface area contributed by atoms with Gasteiger partial charge in [-0.2, -0.15) is 9.89 Å². The first-order valence-corrected chi connectivity index (χ1v) is 3.88. The van der Waals surface area contributed by atoms with E-state index in [0.717, 1.165) is 10.9 Å². The normalized spacial score (nSPS) is 10.8. The van der Waals surface area contributed by atoms with Gasteiger partial charge >= 0.3 is 0 Å². The second kappa shape index (κ2) is 2.29. The van der Waals surface area contributed by atoms with Gasteiger partial charge in [-0.1, -0.05) is 0 Å². The number of benzene rings is 1. The van der Waals surface area contributed by atoms with Crippen molar-refractivity contribution in [1.29, 1.82) is 0 Å². The van der Waals surface area contributed by atoms with Crippen LogP contribution in [0, 0.1) is 6.92 Å². The molecule has 1 heterocycles. The zero-order chi connectivity index (χ0) is 9.59. The summed E-state index contributed by atoms with van der Waals surface area (Å²) in [6.07, 6.45) is 1.61. The number of nitrogens with two attached hydrogens (primary N) is 3. The largest absolute Gasteiger partial charge is 0.398 e. The van der Waals surface area contributed by atoms with Crippen LogP contribution in [0.4, 0.5) is 11.4 Å². The van der Waals surface area contributed by atoms with Crippen molar-refractivity contribution in [3.8, 4) is 0 Å². The van der Waals surface area contributed by atoms with Gasteiger partial charge in [0, 0.05) is 11.1 Å². The van der Waals surface area contributed by atoms with Crippen LogP contribution in [0.25, 0.3) is 10.9 Å². The molecule has 0 saturated heterocycles. The standard InChI is InChI=1S/C8H11N5/c1-4-2-6(9)5-3-12-13(11)8(5)7(4)10/h2-3H,9-11H2,1H3. The topological polar surface area (TPSA) is 95.9 Å². The Hall–Kier alpha value is -1.91. The van der Waals surface area contributed by atoms with Crippen LogP contribution in [0.15, 0.2) is 12.3 Å². The summed E-state index contributed by atoms with van der Waals surface area (Å²) in [6.45, 7) is 1.89. The van der Waals surface area contributed by atoms with Crippen LogP contribution >= 0.6 is 0 Å². The summed E-state index contributed by atoms with van der Waals surface area (Å²) >= 11 is 0. The van der Waals surface area contributed by atoms with Crippen molar-refractivity contribution in [2.45, 2.75) is 6.92 Å². The second-order valence-corrected chi connectivity index (χ2v) is 3.05. The molecule has 0 aliphatic heterocycles. The maximum absolute atomic E-state index is 5.84. The van der Waals surface area contributed by atoms with Crippen molar-refractivity contribution >= 4 is 22.3 Å². The van der Waals surface area contributed by atoms with Crippen LogP contribution in [0.3, 0.4) is 0 Å². The van der Waals surface area contributed by atoms with Crippen molar-refractivity contribution in [2.24, 2.45) is 0 Å². The zero-order valence-corrected chi connectivity index (χ0v) is 7.28. The summed E-state index contributed by atoms with van der Waals surface area (Å²) < 4.78 is 0. The average Bonchev–Trinajstić information content (AvgIpc) is 2.44. The first-order chi connectivity index (χ1) is 6.11. The highest BCUT2D eigenvalue weighted by atomic mass is 15.5. The lowest BCUT2D eigenvalue weighted by Crippen LogP contribution is -2.11. The van der Waals surface area contributed by atoms with Gasteiger partial charge in [-0.3, -0.25) is 0 Å². The Bertz CT molecular complexity index is 471. The van der Waals surface area contributed by atoms with Gasteiger partial charge in [0.2, 0.25) is 0 Å². The van der Waals surface area contributed by atoms with E-state index in [1.807, 2.05) is 13.0 Å². The van der Waals surface area contributed by atoms with Crippen molar-refractivity contribution in [3.63, 3.8) is 0 Å². The van der Waals surface area contributed by atoms with Crippen LogP contribution in [-0.2, 0) is 0 Å². The molecule has 0 saturated carbocycles. The van der Waals surface area contributed by atoms with Crippen molar-refractivity contribution in [3.05, 3.63) is 17.8 Å². The number of aromatic nitrogens is 2. The van der Waals surface area contributed by atoms with Crippen LogP contribution in [0.1, 0.15) is 5.56 Å². The highest BCUT2D eigenvalue weighted by Crippen LogP contribution is 2.28. The lowest BCUT2D eigenvalue weighted by atomic mass is 10.1. The fraction of sp³-hybridized carbons (Fsp3) is 0.125.